The van der Waals surface area contributed by atoms with Crippen molar-refractivity contribution in [2.45, 2.75) is 12.6 Å². The molecule has 1 unspecified atom stereocenters. The van der Waals surface area contributed by atoms with Crippen LogP contribution >= 0.6 is 0 Å². The lowest BCUT2D eigenvalue weighted by molar-refractivity contribution is -0.137. The number of amides is 1. The van der Waals surface area contributed by atoms with Crippen LogP contribution in [0.2, 0.25) is 0 Å². The minimum Gasteiger partial charge on any atom is -0.296 e. The topological polar surface area (TPSA) is 67.3 Å². The fourth-order valence-electron chi connectivity index (χ4n) is 2.11. The number of carbonyl (C=O) groups is 1. The van der Waals surface area contributed by atoms with Gasteiger partial charge in [0.05, 0.1) is 11.3 Å². The van der Waals surface area contributed by atoms with Crippen LogP contribution in [0.4, 0.5) is 22.9 Å². The number of alkyl halides is 3. The largest absolute Gasteiger partial charge is 0.417 e. The summed E-state index contributed by atoms with van der Waals surface area (Å²) in [5.74, 6) is -2.06. The summed E-state index contributed by atoms with van der Waals surface area (Å²) >= 11 is 0. The van der Waals surface area contributed by atoms with Gasteiger partial charge < -0.3 is 0 Å². The number of hydrogen-bond acceptors (Lipinski definition) is 4. The minimum atomic E-state index is -4.71. The Kier molecular flexibility index (Phi) is 3.91. The third-order valence-electron chi connectivity index (χ3n) is 2.99. The van der Waals surface area contributed by atoms with E-state index >= 15 is 0 Å². The molecule has 1 aromatic rings. The second kappa shape index (κ2) is 5.24. The molecule has 2 rings (SSSR count). The first-order valence-electron chi connectivity index (χ1n) is 5.82. The van der Waals surface area contributed by atoms with Crippen molar-refractivity contribution in [1.82, 2.24) is 4.98 Å². The Labute approximate surface area is 117 Å². The Balaban J connectivity index is 2.14. The molecule has 1 atom stereocenters. The molecule has 1 saturated heterocycles. The zero-order chi connectivity index (χ0) is 15.8. The van der Waals surface area contributed by atoms with Gasteiger partial charge in [-0.15, -0.1) is 3.89 Å². The maximum Gasteiger partial charge on any atom is 0.417 e. The molecule has 0 N–H and O–H groups in total. The molecule has 2 heterocycles. The van der Waals surface area contributed by atoms with Crippen molar-refractivity contribution in [2.24, 2.45) is 5.92 Å². The molecule has 116 valence electrons. The highest BCUT2D eigenvalue weighted by Crippen LogP contribution is 2.30. The molecule has 1 fully saturated rings. The molecule has 1 aliphatic rings. The predicted octanol–water partition coefficient (Wildman–Crippen LogP) is 1.75. The molecular weight excluding hydrogens is 316 g/mol. The van der Waals surface area contributed by atoms with Crippen molar-refractivity contribution in [1.29, 1.82) is 0 Å². The van der Waals surface area contributed by atoms with E-state index in [0.29, 0.717) is 6.20 Å². The Morgan fingerprint density at radius 1 is 1.33 bits per heavy atom. The Bertz CT molecular complexity index is 642. The van der Waals surface area contributed by atoms with Gasteiger partial charge in [-0.1, -0.05) is 0 Å². The van der Waals surface area contributed by atoms with Gasteiger partial charge in [-0.05, 0) is 12.1 Å². The molecule has 0 aliphatic carbocycles. The monoisotopic (exact) mass is 326 g/mol. The fourth-order valence-corrected chi connectivity index (χ4v) is 2.90. The van der Waals surface area contributed by atoms with E-state index in [1.54, 1.807) is 0 Å². The molecule has 1 aromatic heterocycles. The number of nitrogens with zero attached hydrogens (tertiary/aromatic N) is 2. The Hall–Kier alpha value is -1.71. The van der Waals surface area contributed by atoms with Gasteiger partial charge >= 0.3 is 16.4 Å². The van der Waals surface area contributed by atoms with Gasteiger partial charge in [0.15, 0.2) is 0 Å². The van der Waals surface area contributed by atoms with E-state index < -0.39 is 39.5 Å². The van der Waals surface area contributed by atoms with Gasteiger partial charge in [-0.25, -0.2) is 4.98 Å². The van der Waals surface area contributed by atoms with Crippen LogP contribution < -0.4 is 4.90 Å². The van der Waals surface area contributed by atoms with Crippen LogP contribution in [0.1, 0.15) is 12.0 Å². The first-order valence-corrected chi connectivity index (χ1v) is 7.37. The van der Waals surface area contributed by atoms with Crippen LogP contribution in [0.25, 0.3) is 0 Å². The highest BCUT2D eigenvalue weighted by Gasteiger charge is 2.35. The maximum atomic E-state index is 12.6. The Morgan fingerprint density at radius 3 is 2.48 bits per heavy atom. The van der Waals surface area contributed by atoms with Crippen molar-refractivity contribution in [3.63, 3.8) is 0 Å². The summed E-state index contributed by atoms with van der Waals surface area (Å²) < 4.78 is 70.9. The first kappa shape index (κ1) is 15.7. The molecule has 0 aromatic carbocycles. The summed E-state index contributed by atoms with van der Waals surface area (Å²) in [6.07, 6.45) is -4.14. The number of aromatic nitrogens is 1. The molecule has 0 spiro atoms. The van der Waals surface area contributed by atoms with E-state index in [1.807, 2.05) is 0 Å². The van der Waals surface area contributed by atoms with Crippen molar-refractivity contribution in [2.75, 3.05) is 17.2 Å². The predicted molar refractivity (Wildman–Crippen MR) is 64.6 cm³/mol. The van der Waals surface area contributed by atoms with Gasteiger partial charge in [-0.2, -0.15) is 21.6 Å². The van der Waals surface area contributed by atoms with E-state index in [4.69, 9.17) is 0 Å². The highest BCUT2D eigenvalue weighted by atomic mass is 32.3. The summed E-state index contributed by atoms with van der Waals surface area (Å²) in [5, 5.41) is 0. The second-order valence-corrected chi connectivity index (χ2v) is 6.09. The standard InChI is InChI=1S/C11H10F4N2O3S/c12-11(13,14)8-1-2-9(16-4-8)17-5-7(3-10(17)18)6-21(15,19)20/h1-2,4,7H,3,5-6H2. The number of carbonyl (C=O) groups excluding carboxylic acids is 1. The van der Waals surface area contributed by atoms with Gasteiger partial charge in [0.25, 0.3) is 0 Å². The van der Waals surface area contributed by atoms with Gasteiger partial charge in [0.2, 0.25) is 5.91 Å². The molecule has 21 heavy (non-hydrogen) atoms. The lowest BCUT2D eigenvalue weighted by Gasteiger charge is -2.16. The van der Waals surface area contributed by atoms with E-state index in [9.17, 15) is 30.3 Å². The summed E-state index contributed by atoms with van der Waals surface area (Å²) in [7, 11) is -4.71. The first-order chi connectivity index (χ1) is 9.56. The number of pyridine rings is 1. The molecule has 5 nitrogen and oxygen atoms in total. The summed E-state index contributed by atoms with van der Waals surface area (Å²) in [6.45, 7) is -0.0969. The lowest BCUT2D eigenvalue weighted by atomic mass is 10.1. The average molecular weight is 326 g/mol. The van der Waals surface area contributed by atoms with Crippen molar-refractivity contribution < 1.29 is 30.3 Å². The van der Waals surface area contributed by atoms with Crippen LogP contribution in [0.5, 0.6) is 0 Å². The average Bonchev–Trinajstić information content (AvgIpc) is 2.66. The molecule has 1 aliphatic heterocycles. The van der Waals surface area contributed by atoms with Crippen LogP contribution in [-0.2, 0) is 21.2 Å². The van der Waals surface area contributed by atoms with Gasteiger partial charge in [0, 0.05) is 25.1 Å². The summed E-state index contributed by atoms with van der Waals surface area (Å²) in [4.78, 5) is 16.3. The number of hydrogen-bond donors (Lipinski definition) is 0. The number of anilines is 1. The fraction of sp³-hybridized carbons (Fsp3) is 0.455. The quantitative estimate of drug-likeness (QED) is 0.627. The zero-order valence-electron chi connectivity index (χ0n) is 10.5. The van der Waals surface area contributed by atoms with E-state index in [-0.39, 0.29) is 18.8 Å². The van der Waals surface area contributed by atoms with E-state index in [2.05, 4.69) is 4.98 Å². The zero-order valence-corrected chi connectivity index (χ0v) is 11.3. The van der Waals surface area contributed by atoms with Crippen molar-refractivity contribution >= 4 is 21.9 Å². The highest BCUT2D eigenvalue weighted by molar-refractivity contribution is 7.86. The third-order valence-corrected chi connectivity index (χ3v) is 3.86. The van der Waals surface area contributed by atoms with Crippen LogP contribution in [0.15, 0.2) is 18.3 Å². The lowest BCUT2D eigenvalue weighted by Crippen LogP contribution is -2.26. The van der Waals surface area contributed by atoms with Gasteiger partial charge in [-0.3, -0.25) is 9.69 Å². The molecule has 10 heteroatoms. The molecule has 0 saturated carbocycles. The van der Waals surface area contributed by atoms with Crippen molar-refractivity contribution in [3.8, 4) is 0 Å². The van der Waals surface area contributed by atoms with E-state index in [1.165, 1.54) is 0 Å². The van der Waals surface area contributed by atoms with Gasteiger partial charge in [0.1, 0.15) is 5.82 Å². The third kappa shape index (κ3) is 3.90. The smallest absolute Gasteiger partial charge is 0.296 e. The Morgan fingerprint density at radius 2 is 2.00 bits per heavy atom. The summed E-state index contributed by atoms with van der Waals surface area (Å²) in [5.41, 5.74) is -0.958. The van der Waals surface area contributed by atoms with Crippen LogP contribution in [0.3, 0.4) is 0 Å². The van der Waals surface area contributed by atoms with Crippen LogP contribution in [0, 0.1) is 5.92 Å². The van der Waals surface area contributed by atoms with Crippen molar-refractivity contribution in [3.05, 3.63) is 23.9 Å². The number of rotatable bonds is 3. The van der Waals surface area contributed by atoms with Crippen LogP contribution in [-0.4, -0.2) is 31.6 Å². The number of halogens is 4. The normalized spacial score (nSPS) is 20.1. The summed E-state index contributed by atoms with van der Waals surface area (Å²) in [6, 6.07) is 1.79. The SMILES string of the molecule is O=C1CC(CS(=O)(=O)F)CN1c1ccc(C(F)(F)F)cn1. The molecule has 0 radical (unpaired) electrons. The maximum absolute atomic E-state index is 12.6. The molecule has 1 amide bonds. The second-order valence-electron chi connectivity index (χ2n) is 4.68. The minimum absolute atomic E-state index is 0.0215. The molecular formula is C11H10F4N2O3S. The molecule has 0 bridgehead atoms. The van der Waals surface area contributed by atoms with E-state index in [0.717, 1.165) is 17.0 Å².